The molecule has 0 spiro atoms. The maximum Gasteiger partial charge on any atom is 0.276 e. The van der Waals surface area contributed by atoms with Gasteiger partial charge in [0.1, 0.15) is 0 Å². The molecule has 0 radical (unpaired) electrons. The van der Waals surface area contributed by atoms with Crippen molar-refractivity contribution in [2.24, 2.45) is 5.10 Å². The highest BCUT2D eigenvalue weighted by Crippen LogP contribution is 2.35. The van der Waals surface area contributed by atoms with Crippen molar-refractivity contribution < 1.29 is 8.42 Å². The van der Waals surface area contributed by atoms with E-state index in [4.69, 9.17) is 0 Å². The van der Waals surface area contributed by atoms with Gasteiger partial charge in [0, 0.05) is 5.71 Å². The van der Waals surface area contributed by atoms with Crippen LogP contribution in [-0.2, 0) is 10.0 Å². The molecule has 5 heteroatoms. The lowest BCUT2D eigenvalue weighted by Gasteiger charge is -2.25. The maximum atomic E-state index is 12.1. The summed E-state index contributed by atoms with van der Waals surface area (Å²) in [5.41, 5.74) is 4.18. The number of hydrogen-bond donors (Lipinski definition) is 1. The van der Waals surface area contributed by atoms with Gasteiger partial charge in [-0.05, 0) is 57.1 Å². The molecule has 0 saturated heterocycles. The van der Waals surface area contributed by atoms with E-state index in [1.807, 2.05) is 0 Å². The van der Waals surface area contributed by atoms with E-state index in [1.165, 1.54) is 19.3 Å². The van der Waals surface area contributed by atoms with Crippen LogP contribution in [0.25, 0.3) is 0 Å². The van der Waals surface area contributed by atoms with Crippen molar-refractivity contribution in [3.05, 3.63) is 41.5 Å². The van der Waals surface area contributed by atoms with Crippen molar-refractivity contribution >= 4 is 15.7 Å². The molecule has 2 aliphatic rings. The molecule has 3 rings (SSSR count). The molecule has 0 unspecified atom stereocenters. The second-order valence-electron chi connectivity index (χ2n) is 5.65. The van der Waals surface area contributed by atoms with Crippen molar-refractivity contribution in [2.45, 2.75) is 49.8 Å². The Morgan fingerprint density at radius 2 is 1.48 bits per heavy atom. The Hall–Kier alpha value is -1.62. The number of allylic oxidation sites excluding steroid dienone is 2. The SMILES string of the molecule is O=S(=O)(NN=C1CCC(=C2CCC2)CC1)c1ccccc1. The summed E-state index contributed by atoms with van der Waals surface area (Å²) in [7, 11) is -3.53. The van der Waals surface area contributed by atoms with E-state index in [9.17, 15) is 8.42 Å². The monoisotopic (exact) mass is 304 g/mol. The fourth-order valence-corrected chi connectivity index (χ4v) is 3.66. The van der Waals surface area contributed by atoms with Gasteiger partial charge >= 0.3 is 0 Å². The minimum Gasteiger partial charge on any atom is -0.200 e. The number of sulfonamides is 1. The molecule has 0 aromatic heterocycles. The average molecular weight is 304 g/mol. The lowest BCUT2D eigenvalue weighted by molar-refractivity contribution is 0.583. The minimum atomic E-state index is -3.53. The molecule has 21 heavy (non-hydrogen) atoms. The summed E-state index contributed by atoms with van der Waals surface area (Å²) in [6.45, 7) is 0. The second kappa shape index (κ2) is 6.02. The number of hydrogen-bond acceptors (Lipinski definition) is 3. The molecule has 1 aromatic rings. The van der Waals surface area contributed by atoms with E-state index in [1.54, 1.807) is 41.5 Å². The van der Waals surface area contributed by atoms with Crippen LogP contribution in [0.15, 0.2) is 51.5 Å². The van der Waals surface area contributed by atoms with E-state index in [2.05, 4.69) is 9.93 Å². The Morgan fingerprint density at radius 3 is 2.05 bits per heavy atom. The molecule has 0 heterocycles. The summed E-state index contributed by atoms with van der Waals surface area (Å²) in [4.78, 5) is 2.61. The smallest absolute Gasteiger partial charge is 0.200 e. The van der Waals surface area contributed by atoms with Crippen molar-refractivity contribution in [1.82, 2.24) is 4.83 Å². The molecule has 2 saturated carbocycles. The molecular weight excluding hydrogens is 284 g/mol. The molecule has 0 atom stereocenters. The standard InChI is InChI=1S/C16H20N2O2S/c19-21(20,16-7-2-1-3-8-16)18-17-15-11-9-14(10-12-15)13-5-4-6-13/h1-3,7-8,18H,4-6,9-12H2. The van der Waals surface area contributed by atoms with Crippen molar-refractivity contribution in [3.8, 4) is 0 Å². The van der Waals surface area contributed by atoms with Crippen molar-refractivity contribution in [1.29, 1.82) is 0 Å². The highest BCUT2D eigenvalue weighted by molar-refractivity contribution is 7.89. The first-order valence-electron chi connectivity index (χ1n) is 7.47. The summed E-state index contributed by atoms with van der Waals surface area (Å²) >= 11 is 0. The topological polar surface area (TPSA) is 58.5 Å². The number of rotatable bonds is 3. The Morgan fingerprint density at radius 1 is 0.857 bits per heavy atom. The number of nitrogens with zero attached hydrogens (tertiary/aromatic N) is 1. The highest BCUT2D eigenvalue weighted by Gasteiger charge is 2.19. The highest BCUT2D eigenvalue weighted by atomic mass is 32.2. The van der Waals surface area contributed by atoms with Gasteiger partial charge in [-0.1, -0.05) is 29.3 Å². The van der Waals surface area contributed by atoms with Gasteiger partial charge < -0.3 is 0 Å². The molecule has 112 valence electrons. The van der Waals surface area contributed by atoms with Gasteiger partial charge in [0.25, 0.3) is 10.0 Å². The minimum absolute atomic E-state index is 0.252. The Labute approximate surface area is 126 Å². The maximum absolute atomic E-state index is 12.1. The average Bonchev–Trinajstić information content (AvgIpc) is 2.46. The number of nitrogens with one attached hydrogen (secondary N) is 1. The normalized spacial score (nSPS) is 19.1. The van der Waals surface area contributed by atoms with Gasteiger partial charge in [0.15, 0.2) is 0 Å². The van der Waals surface area contributed by atoms with Crippen LogP contribution in [-0.4, -0.2) is 14.1 Å². The molecule has 0 aliphatic heterocycles. The van der Waals surface area contributed by atoms with E-state index in [-0.39, 0.29) is 4.90 Å². The predicted molar refractivity (Wildman–Crippen MR) is 83.5 cm³/mol. The first kappa shape index (κ1) is 14.3. The van der Waals surface area contributed by atoms with Crippen LogP contribution in [0.5, 0.6) is 0 Å². The summed E-state index contributed by atoms with van der Waals surface area (Å²) < 4.78 is 24.2. The van der Waals surface area contributed by atoms with Gasteiger partial charge in [-0.25, -0.2) is 4.83 Å². The summed E-state index contributed by atoms with van der Waals surface area (Å²) in [6.07, 6.45) is 7.69. The summed E-state index contributed by atoms with van der Waals surface area (Å²) in [5.74, 6) is 0. The van der Waals surface area contributed by atoms with Gasteiger partial charge in [-0.2, -0.15) is 13.5 Å². The van der Waals surface area contributed by atoms with Crippen LogP contribution in [0.3, 0.4) is 0 Å². The van der Waals surface area contributed by atoms with Crippen molar-refractivity contribution in [3.63, 3.8) is 0 Å². The molecular formula is C16H20N2O2S. The predicted octanol–water partition coefficient (Wildman–Crippen LogP) is 3.38. The zero-order valence-corrected chi connectivity index (χ0v) is 12.8. The third kappa shape index (κ3) is 3.35. The first-order valence-corrected chi connectivity index (χ1v) is 8.95. The lowest BCUT2D eigenvalue weighted by Crippen LogP contribution is -2.21. The van der Waals surface area contributed by atoms with Gasteiger partial charge in [0.05, 0.1) is 4.90 Å². The van der Waals surface area contributed by atoms with E-state index >= 15 is 0 Å². The van der Waals surface area contributed by atoms with Crippen LogP contribution in [0, 0.1) is 0 Å². The molecule has 2 fully saturated rings. The van der Waals surface area contributed by atoms with Crippen LogP contribution >= 0.6 is 0 Å². The third-order valence-corrected chi connectivity index (χ3v) is 5.49. The Bertz CT molecular complexity index is 657. The molecule has 1 aromatic carbocycles. The summed E-state index contributed by atoms with van der Waals surface area (Å²) in [5, 5.41) is 4.12. The van der Waals surface area contributed by atoms with Crippen LogP contribution in [0.1, 0.15) is 44.9 Å². The van der Waals surface area contributed by atoms with Gasteiger partial charge in [-0.3, -0.25) is 0 Å². The second-order valence-corrected chi connectivity index (χ2v) is 7.31. The first-order chi connectivity index (χ1) is 10.1. The van der Waals surface area contributed by atoms with Crippen LogP contribution < -0.4 is 4.83 Å². The van der Waals surface area contributed by atoms with Crippen LogP contribution in [0.4, 0.5) is 0 Å². The third-order valence-electron chi connectivity index (χ3n) is 4.27. The molecule has 0 bridgehead atoms. The molecule has 4 nitrogen and oxygen atoms in total. The zero-order chi connectivity index (χ0) is 14.7. The number of benzene rings is 1. The number of hydrazone groups is 1. The largest absolute Gasteiger partial charge is 0.276 e. The molecule has 2 aliphatic carbocycles. The van der Waals surface area contributed by atoms with Crippen molar-refractivity contribution in [2.75, 3.05) is 0 Å². The quantitative estimate of drug-likeness (QED) is 0.687. The van der Waals surface area contributed by atoms with E-state index in [0.717, 1.165) is 31.4 Å². The summed E-state index contributed by atoms with van der Waals surface area (Å²) in [6, 6.07) is 8.35. The van der Waals surface area contributed by atoms with Crippen LogP contribution in [0.2, 0.25) is 0 Å². The fourth-order valence-electron chi connectivity index (χ4n) is 2.79. The molecule has 1 N–H and O–H groups in total. The van der Waals surface area contributed by atoms with Gasteiger partial charge in [-0.15, -0.1) is 0 Å². The fraction of sp³-hybridized carbons (Fsp3) is 0.438. The zero-order valence-electron chi connectivity index (χ0n) is 12.0. The Kier molecular flexibility index (Phi) is 4.10. The molecule has 0 amide bonds. The van der Waals surface area contributed by atoms with Gasteiger partial charge in [0.2, 0.25) is 0 Å². The Balaban J connectivity index is 1.62. The lowest BCUT2D eigenvalue weighted by atomic mass is 9.81. The van der Waals surface area contributed by atoms with E-state index < -0.39 is 10.0 Å². The van der Waals surface area contributed by atoms with E-state index in [0.29, 0.717) is 0 Å².